The number of amides is 1. The second-order valence-electron chi connectivity index (χ2n) is 6.86. The highest BCUT2D eigenvalue weighted by Gasteiger charge is 2.30. The highest BCUT2D eigenvalue weighted by atomic mass is 19.4. The van der Waals surface area contributed by atoms with Crippen molar-refractivity contribution in [1.82, 2.24) is 14.5 Å². The molecule has 1 N–H and O–H groups in total. The number of hydrogen-bond acceptors (Lipinski definition) is 4. The first-order chi connectivity index (χ1) is 15.3. The Morgan fingerprint density at radius 1 is 0.969 bits per heavy atom. The largest absolute Gasteiger partial charge is 0.439 e. The number of carbonyl (C=O) groups is 1. The molecule has 162 valence electrons. The summed E-state index contributed by atoms with van der Waals surface area (Å²) in [6.45, 7) is 1.76. The molecule has 0 aliphatic rings. The summed E-state index contributed by atoms with van der Waals surface area (Å²) >= 11 is 0. The molecule has 2 aromatic carbocycles. The Kier molecular flexibility index (Phi) is 5.63. The van der Waals surface area contributed by atoms with E-state index in [4.69, 9.17) is 4.74 Å². The summed E-state index contributed by atoms with van der Waals surface area (Å²) < 4.78 is 45.6. The van der Waals surface area contributed by atoms with Gasteiger partial charge in [0, 0.05) is 29.7 Å². The number of alkyl halides is 3. The van der Waals surface area contributed by atoms with Crippen LogP contribution in [0, 0.1) is 6.92 Å². The fraction of sp³-hybridized carbons (Fsp3) is 0.0870. The summed E-state index contributed by atoms with van der Waals surface area (Å²) in [5.74, 6) is 1.55. The zero-order valence-corrected chi connectivity index (χ0v) is 16.8. The number of aryl methyl sites for hydroxylation is 1. The summed E-state index contributed by atoms with van der Waals surface area (Å²) in [5.41, 5.74) is -0.225. The Morgan fingerprint density at radius 2 is 1.62 bits per heavy atom. The first kappa shape index (κ1) is 21.1. The van der Waals surface area contributed by atoms with E-state index >= 15 is 0 Å². The fourth-order valence-electron chi connectivity index (χ4n) is 2.94. The van der Waals surface area contributed by atoms with E-state index in [1.807, 2.05) is 29.1 Å². The number of nitrogens with one attached hydrogen (secondary N) is 1. The molecule has 0 bridgehead atoms. The lowest BCUT2D eigenvalue weighted by Crippen LogP contribution is -2.12. The summed E-state index contributed by atoms with van der Waals surface area (Å²) in [5, 5.41) is 2.64. The van der Waals surface area contributed by atoms with Gasteiger partial charge in [-0.1, -0.05) is 0 Å². The average molecular weight is 438 g/mol. The molecular formula is C23H17F3N4O2. The second-order valence-corrected chi connectivity index (χ2v) is 6.86. The van der Waals surface area contributed by atoms with Crippen molar-refractivity contribution in [2.24, 2.45) is 0 Å². The number of rotatable bonds is 5. The van der Waals surface area contributed by atoms with Crippen molar-refractivity contribution in [2.45, 2.75) is 13.1 Å². The molecule has 0 saturated carbocycles. The van der Waals surface area contributed by atoms with Gasteiger partial charge >= 0.3 is 6.18 Å². The monoisotopic (exact) mass is 438 g/mol. The van der Waals surface area contributed by atoms with Crippen LogP contribution in [0.25, 0.3) is 5.82 Å². The number of benzene rings is 2. The summed E-state index contributed by atoms with van der Waals surface area (Å²) in [6.07, 6.45) is -0.727. The van der Waals surface area contributed by atoms with Crippen molar-refractivity contribution in [1.29, 1.82) is 0 Å². The van der Waals surface area contributed by atoms with Gasteiger partial charge in [-0.05, 0) is 67.6 Å². The quantitative estimate of drug-likeness (QED) is 0.438. The predicted molar refractivity (Wildman–Crippen MR) is 112 cm³/mol. The van der Waals surface area contributed by atoms with Gasteiger partial charge in [0.1, 0.15) is 17.4 Å². The molecule has 6 nitrogen and oxygen atoms in total. The summed E-state index contributed by atoms with van der Waals surface area (Å²) in [7, 11) is 0. The van der Waals surface area contributed by atoms with Gasteiger partial charge in [0.05, 0.1) is 5.56 Å². The molecule has 0 saturated heterocycles. The molecule has 0 aliphatic heterocycles. The topological polar surface area (TPSA) is 69.0 Å². The minimum Gasteiger partial charge on any atom is -0.439 e. The van der Waals surface area contributed by atoms with Gasteiger partial charge < -0.3 is 14.6 Å². The van der Waals surface area contributed by atoms with E-state index in [0.717, 1.165) is 24.3 Å². The number of aromatic nitrogens is 3. The van der Waals surface area contributed by atoms with Crippen molar-refractivity contribution in [3.63, 3.8) is 0 Å². The molecule has 9 heteroatoms. The zero-order valence-electron chi connectivity index (χ0n) is 16.8. The first-order valence-electron chi connectivity index (χ1n) is 9.53. The molecule has 2 aromatic heterocycles. The van der Waals surface area contributed by atoms with E-state index in [1.165, 1.54) is 0 Å². The van der Waals surface area contributed by atoms with Gasteiger partial charge in [-0.2, -0.15) is 18.2 Å². The SMILES string of the molecule is Cc1nc(Oc2ccc(NC(=O)c3ccc(C(F)(F)F)cc3)cc2)cc(-n2cccc2)n1. The van der Waals surface area contributed by atoms with Crippen LogP contribution < -0.4 is 10.1 Å². The highest BCUT2D eigenvalue weighted by molar-refractivity contribution is 6.04. The van der Waals surface area contributed by atoms with E-state index < -0.39 is 17.6 Å². The minimum absolute atomic E-state index is 0.118. The standard InChI is InChI=1S/C23H17F3N4O2/c1-15-27-20(30-12-2-3-13-30)14-21(28-15)32-19-10-8-18(9-11-19)29-22(31)16-4-6-17(7-5-16)23(24,25)26/h2-14H,1H3,(H,29,31). The molecule has 0 aliphatic carbocycles. The molecule has 0 unspecified atom stereocenters. The van der Waals surface area contributed by atoms with E-state index in [2.05, 4.69) is 15.3 Å². The van der Waals surface area contributed by atoms with Crippen LogP contribution >= 0.6 is 0 Å². The van der Waals surface area contributed by atoms with Gasteiger partial charge in [0.25, 0.3) is 5.91 Å². The number of ether oxygens (including phenoxy) is 1. The highest BCUT2D eigenvalue weighted by Crippen LogP contribution is 2.29. The average Bonchev–Trinajstić information content (AvgIpc) is 3.29. The second kappa shape index (κ2) is 8.54. The zero-order chi connectivity index (χ0) is 22.7. The number of carbonyl (C=O) groups excluding carboxylic acids is 1. The number of hydrogen-bond donors (Lipinski definition) is 1. The Hall–Kier alpha value is -4.14. The maximum atomic E-state index is 12.7. The summed E-state index contributed by atoms with van der Waals surface area (Å²) in [4.78, 5) is 20.9. The third kappa shape index (κ3) is 4.94. The van der Waals surface area contributed by atoms with Crippen LogP contribution in [0.5, 0.6) is 11.6 Å². The lowest BCUT2D eigenvalue weighted by molar-refractivity contribution is -0.137. The molecule has 0 atom stereocenters. The van der Waals surface area contributed by atoms with E-state index in [0.29, 0.717) is 29.0 Å². The Balaban J connectivity index is 1.43. The Labute approximate surface area is 181 Å². The van der Waals surface area contributed by atoms with Crippen LogP contribution in [-0.2, 0) is 6.18 Å². The van der Waals surface area contributed by atoms with Crippen LogP contribution in [0.4, 0.5) is 18.9 Å². The molecule has 1 amide bonds. The van der Waals surface area contributed by atoms with Gasteiger partial charge in [-0.25, -0.2) is 4.98 Å². The van der Waals surface area contributed by atoms with E-state index in [-0.39, 0.29) is 5.56 Å². The van der Waals surface area contributed by atoms with Crippen molar-refractivity contribution < 1.29 is 22.7 Å². The van der Waals surface area contributed by atoms with Crippen molar-refractivity contribution in [2.75, 3.05) is 5.32 Å². The molecule has 0 fully saturated rings. The molecule has 4 aromatic rings. The van der Waals surface area contributed by atoms with Crippen LogP contribution in [-0.4, -0.2) is 20.4 Å². The third-order valence-electron chi connectivity index (χ3n) is 4.48. The van der Waals surface area contributed by atoms with Crippen molar-refractivity contribution >= 4 is 11.6 Å². The Morgan fingerprint density at radius 3 is 2.25 bits per heavy atom. The smallest absolute Gasteiger partial charge is 0.416 e. The number of anilines is 1. The molecule has 0 radical (unpaired) electrons. The lowest BCUT2D eigenvalue weighted by atomic mass is 10.1. The number of halogens is 3. The fourth-order valence-corrected chi connectivity index (χ4v) is 2.94. The van der Waals surface area contributed by atoms with Crippen molar-refractivity contribution in [3.05, 3.63) is 96.1 Å². The minimum atomic E-state index is -4.45. The molecule has 32 heavy (non-hydrogen) atoms. The van der Waals surface area contributed by atoms with Gasteiger partial charge in [-0.15, -0.1) is 0 Å². The van der Waals surface area contributed by atoms with Crippen molar-refractivity contribution in [3.8, 4) is 17.4 Å². The van der Waals surface area contributed by atoms with Crippen LogP contribution in [0.3, 0.4) is 0 Å². The van der Waals surface area contributed by atoms with Crippen LogP contribution in [0.15, 0.2) is 79.1 Å². The Bertz CT molecular complexity index is 1220. The van der Waals surface area contributed by atoms with Gasteiger partial charge in [-0.3, -0.25) is 4.79 Å². The normalized spacial score (nSPS) is 11.2. The first-order valence-corrected chi connectivity index (χ1v) is 9.53. The maximum Gasteiger partial charge on any atom is 0.416 e. The molecule has 4 rings (SSSR count). The van der Waals surface area contributed by atoms with Gasteiger partial charge in [0.2, 0.25) is 5.88 Å². The van der Waals surface area contributed by atoms with E-state index in [1.54, 1.807) is 37.3 Å². The summed E-state index contributed by atoms with van der Waals surface area (Å²) in [6, 6.07) is 16.0. The molecule has 2 heterocycles. The predicted octanol–water partition coefficient (Wildman–Crippen LogP) is 5.64. The lowest BCUT2D eigenvalue weighted by Gasteiger charge is -2.10. The van der Waals surface area contributed by atoms with Crippen LogP contribution in [0.2, 0.25) is 0 Å². The molecule has 0 spiro atoms. The third-order valence-corrected chi connectivity index (χ3v) is 4.48. The van der Waals surface area contributed by atoms with Crippen LogP contribution in [0.1, 0.15) is 21.7 Å². The van der Waals surface area contributed by atoms with Gasteiger partial charge in [0.15, 0.2) is 0 Å². The van der Waals surface area contributed by atoms with E-state index in [9.17, 15) is 18.0 Å². The number of nitrogens with zero attached hydrogens (tertiary/aromatic N) is 3. The molecular weight excluding hydrogens is 421 g/mol. The maximum absolute atomic E-state index is 12.7.